The van der Waals surface area contributed by atoms with Crippen LogP contribution in [0, 0.1) is 5.92 Å². The lowest BCUT2D eigenvalue weighted by Crippen LogP contribution is -2.45. The lowest BCUT2D eigenvalue weighted by atomic mass is 9.78. The number of nitrogens with one attached hydrogen (secondary N) is 1. The van der Waals surface area contributed by atoms with Crippen molar-refractivity contribution in [2.45, 2.75) is 44.6 Å². The Morgan fingerprint density at radius 2 is 2.25 bits per heavy atom. The average molecular weight is 341 g/mol. The van der Waals surface area contributed by atoms with Crippen LogP contribution in [-0.4, -0.2) is 28.1 Å². The summed E-state index contributed by atoms with van der Waals surface area (Å²) in [6, 6.07) is 3.34. The van der Waals surface area contributed by atoms with Gasteiger partial charge in [0, 0.05) is 18.3 Å². The first kappa shape index (κ1) is 15.4. The first-order valence-corrected chi connectivity index (χ1v) is 7.94. The average Bonchev–Trinajstić information content (AvgIpc) is 2.46. The second-order valence-corrected chi connectivity index (χ2v) is 6.44. The van der Waals surface area contributed by atoms with E-state index < -0.39 is 5.60 Å². The van der Waals surface area contributed by atoms with Gasteiger partial charge in [-0.1, -0.05) is 13.3 Å². The van der Waals surface area contributed by atoms with Crippen molar-refractivity contribution < 1.29 is 9.90 Å². The Labute approximate surface area is 128 Å². The molecule has 1 aliphatic carbocycles. The van der Waals surface area contributed by atoms with E-state index in [9.17, 15) is 9.90 Å². The van der Waals surface area contributed by atoms with Gasteiger partial charge in [-0.3, -0.25) is 4.79 Å². The van der Waals surface area contributed by atoms with Crippen LogP contribution >= 0.6 is 15.9 Å². The molecule has 0 bridgehead atoms. The van der Waals surface area contributed by atoms with E-state index in [4.69, 9.17) is 0 Å². The van der Waals surface area contributed by atoms with Crippen LogP contribution in [0.15, 0.2) is 22.9 Å². The molecule has 2 rings (SSSR count). The van der Waals surface area contributed by atoms with Crippen molar-refractivity contribution in [1.29, 1.82) is 0 Å². The highest BCUT2D eigenvalue weighted by atomic mass is 79.9. The largest absolute Gasteiger partial charge is 0.388 e. The van der Waals surface area contributed by atoms with E-state index in [1.54, 1.807) is 18.3 Å². The Hall–Kier alpha value is -0.940. The van der Waals surface area contributed by atoms with Crippen LogP contribution < -0.4 is 5.32 Å². The molecule has 2 N–H and O–H groups in total. The number of amides is 1. The molecule has 0 unspecified atom stereocenters. The third-order valence-electron chi connectivity index (χ3n) is 4.18. The quantitative estimate of drug-likeness (QED) is 0.828. The third kappa shape index (κ3) is 4.03. The van der Waals surface area contributed by atoms with Crippen molar-refractivity contribution in [3.05, 3.63) is 28.5 Å². The summed E-state index contributed by atoms with van der Waals surface area (Å²) in [5.41, 5.74) is -0.191. The number of halogens is 1. The molecule has 1 aromatic heterocycles. The molecular weight excluding hydrogens is 320 g/mol. The highest BCUT2D eigenvalue weighted by Gasteiger charge is 2.32. The molecule has 110 valence electrons. The minimum absolute atomic E-state index is 0.167. The zero-order valence-electron chi connectivity index (χ0n) is 11.7. The van der Waals surface area contributed by atoms with E-state index in [1.807, 2.05) is 0 Å². The molecule has 0 aromatic carbocycles. The number of carbonyl (C=O) groups excluding carboxylic acids is 1. The summed E-state index contributed by atoms with van der Waals surface area (Å²) in [4.78, 5) is 16.0. The van der Waals surface area contributed by atoms with Crippen LogP contribution in [0.5, 0.6) is 0 Å². The standard InChI is InChI=1S/C15H21BrN2O2/c1-2-11-3-6-15(20,7-4-11)10-18-14(19)12-5-8-17-13(16)9-12/h5,8-9,11,20H,2-4,6-7,10H2,1H3,(H,18,19). The van der Waals surface area contributed by atoms with E-state index in [0.717, 1.165) is 31.6 Å². The molecular formula is C15H21BrN2O2. The highest BCUT2D eigenvalue weighted by molar-refractivity contribution is 9.10. The topological polar surface area (TPSA) is 62.2 Å². The number of hydrogen-bond acceptors (Lipinski definition) is 3. The number of nitrogens with zero attached hydrogens (tertiary/aromatic N) is 1. The molecule has 20 heavy (non-hydrogen) atoms. The Morgan fingerprint density at radius 1 is 1.55 bits per heavy atom. The Bertz CT molecular complexity index is 471. The van der Waals surface area contributed by atoms with Crippen LogP contribution in [0.25, 0.3) is 0 Å². The molecule has 1 amide bonds. The number of pyridine rings is 1. The van der Waals surface area contributed by atoms with Gasteiger partial charge in [-0.2, -0.15) is 0 Å². The van der Waals surface area contributed by atoms with Crippen LogP contribution in [0.1, 0.15) is 49.4 Å². The number of aliphatic hydroxyl groups is 1. The first-order valence-electron chi connectivity index (χ1n) is 7.14. The predicted molar refractivity (Wildman–Crippen MR) is 81.5 cm³/mol. The highest BCUT2D eigenvalue weighted by Crippen LogP contribution is 2.33. The van der Waals surface area contributed by atoms with Gasteiger partial charge in [-0.05, 0) is 59.7 Å². The van der Waals surface area contributed by atoms with Gasteiger partial charge in [-0.25, -0.2) is 4.98 Å². The minimum atomic E-state index is -0.744. The van der Waals surface area contributed by atoms with Gasteiger partial charge in [0.15, 0.2) is 0 Å². The fourth-order valence-corrected chi connectivity index (χ4v) is 3.06. The maximum atomic E-state index is 12.0. The van der Waals surface area contributed by atoms with Gasteiger partial charge in [0.25, 0.3) is 5.91 Å². The van der Waals surface area contributed by atoms with Gasteiger partial charge in [0.2, 0.25) is 0 Å². The van der Waals surface area contributed by atoms with Gasteiger partial charge in [0.1, 0.15) is 4.60 Å². The fourth-order valence-electron chi connectivity index (χ4n) is 2.69. The van der Waals surface area contributed by atoms with Crippen LogP contribution in [0.4, 0.5) is 0 Å². The number of hydrogen-bond donors (Lipinski definition) is 2. The van der Waals surface area contributed by atoms with Crippen LogP contribution in [0.2, 0.25) is 0 Å². The monoisotopic (exact) mass is 340 g/mol. The summed E-state index contributed by atoms with van der Waals surface area (Å²) >= 11 is 3.24. The molecule has 1 heterocycles. The van der Waals surface area contributed by atoms with Crippen molar-refractivity contribution in [3.8, 4) is 0 Å². The molecule has 5 heteroatoms. The lowest BCUT2D eigenvalue weighted by Gasteiger charge is -2.35. The Balaban J connectivity index is 1.87. The number of carbonyl (C=O) groups is 1. The van der Waals surface area contributed by atoms with E-state index in [1.165, 1.54) is 6.42 Å². The normalized spacial score (nSPS) is 26.2. The molecule has 0 aliphatic heterocycles. The van der Waals surface area contributed by atoms with Crippen molar-refractivity contribution in [1.82, 2.24) is 10.3 Å². The molecule has 0 saturated heterocycles. The zero-order valence-corrected chi connectivity index (χ0v) is 13.3. The smallest absolute Gasteiger partial charge is 0.251 e. The molecule has 4 nitrogen and oxygen atoms in total. The van der Waals surface area contributed by atoms with Gasteiger partial charge in [0.05, 0.1) is 5.60 Å². The van der Waals surface area contributed by atoms with Gasteiger partial charge < -0.3 is 10.4 Å². The summed E-state index contributed by atoms with van der Waals surface area (Å²) in [5.74, 6) is 0.557. The zero-order chi connectivity index (χ0) is 14.6. The molecule has 0 spiro atoms. The molecule has 0 atom stereocenters. The predicted octanol–water partition coefficient (Wildman–Crippen LogP) is 2.91. The van der Waals surface area contributed by atoms with Gasteiger partial charge in [-0.15, -0.1) is 0 Å². The van der Waals surface area contributed by atoms with Crippen molar-refractivity contribution >= 4 is 21.8 Å². The van der Waals surface area contributed by atoms with E-state index >= 15 is 0 Å². The van der Waals surface area contributed by atoms with E-state index in [-0.39, 0.29) is 5.91 Å². The minimum Gasteiger partial charge on any atom is -0.388 e. The second-order valence-electron chi connectivity index (χ2n) is 5.63. The molecule has 1 aromatic rings. The molecule has 1 aliphatic rings. The first-order chi connectivity index (χ1) is 9.52. The van der Waals surface area contributed by atoms with E-state index in [0.29, 0.717) is 16.7 Å². The maximum absolute atomic E-state index is 12.0. The lowest BCUT2D eigenvalue weighted by molar-refractivity contribution is -0.00786. The Morgan fingerprint density at radius 3 is 2.85 bits per heavy atom. The number of rotatable bonds is 4. The summed E-state index contributed by atoms with van der Waals surface area (Å²) in [5, 5.41) is 13.3. The molecule has 1 saturated carbocycles. The Kier molecular flexibility index (Phi) is 5.16. The summed E-state index contributed by atoms with van der Waals surface area (Å²) < 4.78 is 0.632. The second kappa shape index (κ2) is 6.68. The van der Waals surface area contributed by atoms with Crippen LogP contribution in [-0.2, 0) is 0 Å². The molecule has 0 radical (unpaired) electrons. The maximum Gasteiger partial charge on any atom is 0.251 e. The summed E-state index contributed by atoms with van der Waals surface area (Å²) in [6.07, 6.45) is 6.39. The third-order valence-corrected chi connectivity index (χ3v) is 4.61. The summed E-state index contributed by atoms with van der Waals surface area (Å²) in [6.45, 7) is 2.51. The van der Waals surface area contributed by atoms with Crippen molar-refractivity contribution in [3.63, 3.8) is 0 Å². The van der Waals surface area contributed by atoms with E-state index in [2.05, 4.69) is 33.2 Å². The summed E-state index contributed by atoms with van der Waals surface area (Å²) in [7, 11) is 0. The van der Waals surface area contributed by atoms with Crippen LogP contribution in [0.3, 0.4) is 0 Å². The van der Waals surface area contributed by atoms with Crippen molar-refractivity contribution in [2.24, 2.45) is 5.92 Å². The fraction of sp³-hybridized carbons (Fsp3) is 0.600. The van der Waals surface area contributed by atoms with Crippen molar-refractivity contribution in [2.75, 3.05) is 6.54 Å². The van der Waals surface area contributed by atoms with Gasteiger partial charge >= 0.3 is 0 Å². The SMILES string of the molecule is CCC1CCC(O)(CNC(=O)c2ccnc(Br)c2)CC1. The molecule has 1 fully saturated rings. The number of aromatic nitrogens is 1.